The van der Waals surface area contributed by atoms with E-state index in [-0.39, 0.29) is 15.6 Å². The SMILES string of the molecule is O=C(c1ccccc1F)N1CCc2cc(S(=O)(=O)Nc3ncns3)ccc21. The average molecular weight is 404 g/mol. The molecule has 0 atom stereocenters. The Morgan fingerprint density at radius 2 is 2.04 bits per heavy atom. The summed E-state index contributed by atoms with van der Waals surface area (Å²) in [4.78, 5) is 18.0. The molecule has 4 rings (SSSR count). The lowest BCUT2D eigenvalue weighted by Crippen LogP contribution is -2.29. The number of carbonyl (C=O) groups excluding carboxylic acids is 1. The molecule has 0 saturated carbocycles. The third-order valence-corrected chi connectivity index (χ3v) is 6.24. The molecule has 2 aromatic carbocycles. The Kier molecular flexibility index (Phi) is 4.36. The summed E-state index contributed by atoms with van der Waals surface area (Å²) in [5.74, 6) is -1.04. The highest BCUT2D eigenvalue weighted by atomic mass is 32.2. The van der Waals surface area contributed by atoms with Gasteiger partial charge in [0.2, 0.25) is 5.13 Å². The third kappa shape index (κ3) is 3.28. The molecule has 0 radical (unpaired) electrons. The number of sulfonamides is 1. The topological polar surface area (TPSA) is 92.3 Å². The van der Waals surface area contributed by atoms with Gasteiger partial charge in [0.1, 0.15) is 12.1 Å². The van der Waals surface area contributed by atoms with Crippen LogP contribution in [0.3, 0.4) is 0 Å². The van der Waals surface area contributed by atoms with Crippen LogP contribution in [0.15, 0.2) is 53.7 Å². The standard InChI is InChI=1S/C17H13FN4O3S2/c18-14-4-2-1-3-13(14)16(23)22-8-7-11-9-12(5-6-15(11)22)27(24,25)21-17-19-10-20-26-17/h1-6,9-10H,7-8H2,(H,19,20,21). The van der Waals surface area contributed by atoms with E-state index in [2.05, 4.69) is 14.1 Å². The Labute approximate surface area is 158 Å². The molecule has 138 valence electrons. The lowest BCUT2D eigenvalue weighted by molar-refractivity contribution is 0.0985. The maximum Gasteiger partial charge on any atom is 0.263 e. The maximum absolute atomic E-state index is 13.9. The predicted molar refractivity (Wildman–Crippen MR) is 98.9 cm³/mol. The highest BCUT2D eigenvalue weighted by molar-refractivity contribution is 7.93. The molecule has 0 unspecified atom stereocenters. The Bertz CT molecular complexity index is 1120. The van der Waals surface area contributed by atoms with Gasteiger partial charge in [-0.3, -0.25) is 9.52 Å². The Hall–Kier alpha value is -2.85. The predicted octanol–water partition coefficient (Wildman–Crippen LogP) is 2.68. The molecule has 27 heavy (non-hydrogen) atoms. The van der Waals surface area contributed by atoms with Crippen molar-refractivity contribution in [1.82, 2.24) is 9.36 Å². The lowest BCUT2D eigenvalue weighted by atomic mass is 10.1. The van der Waals surface area contributed by atoms with Gasteiger partial charge in [-0.25, -0.2) is 17.8 Å². The van der Waals surface area contributed by atoms with Crippen molar-refractivity contribution in [2.45, 2.75) is 11.3 Å². The number of nitrogens with one attached hydrogen (secondary N) is 1. The maximum atomic E-state index is 13.9. The van der Waals surface area contributed by atoms with Crippen LogP contribution in [0.25, 0.3) is 0 Å². The zero-order valence-electron chi connectivity index (χ0n) is 13.8. The number of aromatic nitrogens is 2. The number of benzene rings is 2. The first-order chi connectivity index (χ1) is 13.0. The first kappa shape index (κ1) is 17.6. The summed E-state index contributed by atoms with van der Waals surface area (Å²) in [7, 11) is -3.81. The van der Waals surface area contributed by atoms with Crippen LogP contribution in [0.2, 0.25) is 0 Å². The minimum Gasteiger partial charge on any atom is -0.308 e. The summed E-state index contributed by atoms with van der Waals surface area (Å²) in [6.07, 6.45) is 1.75. The van der Waals surface area contributed by atoms with Crippen LogP contribution in [0.1, 0.15) is 15.9 Å². The van der Waals surface area contributed by atoms with Gasteiger partial charge in [0.15, 0.2) is 0 Å². The van der Waals surface area contributed by atoms with Gasteiger partial charge >= 0.3 is 0 Å². The molecule has 1 aromatic heterocycles. The van der Waals surface area contributed by atoms with Crippen molar-refractivity contribution >= 4 is 38.3 Å². The molecule has 0 aliphatic carbocycles. The molecule has 1 amide bonds. The van der Waals surface area contributed by atoms with Crippen LogP contribution in [0, 0.1) is 5.82 Å². The van der Waals surface area contributed by atoms with E-state index in [9.17, 15) is 17.6 Å². The number of hydrogen-bond donors (Lipinski definition) is 1. The molecule has 1 aliphatic rings. The van der Waals surface area contributed by atoms with Crippen molar-refractivity contribution in [2.75, 3.05) is 16.2 Å². The molecular weight excluding hydrogens is 391 g/mol. The molecule has 1 aliphatic heterocycles. The summed E-state index contributed by atoms with van der Waals surface area (Å²) in [5, 5.41) is 0.173. The molecule has 0 bridgehead atoms. The fraction of sp³-hybridized carbons (Fsp3) is 0.118. The van der Waals surface area contributed by atoms with Crippen LogP contribution in [-0.2, 0) is 16.4 Å². The van der Waals surface area contributed by atoms with Crippen LogP contribution in [0.5, 0.6) is 0 Å². The fourth-order valence-corrected chi connectivity index (χ4v) is 4.64. The van der Waals surface area contributed by atoms with Crippen molar-refractivity contribution < 1.29 is 17.6 Å². The van der Waals surface area contributed by atoms with E-state index in [0.29, 0.717) is 24.2 Å². The first-order valence-corrected chi connectivity index (χ1v) is 10.2. The summed E-state index contributed by atoms with van der Waals surface area (Å²) in [6.45, 7) is 0.357. The molecule has 0 fully saturated rings. The van der Waals surface area contributed by atoms with Gasteiger partial charge in [0, 0.05) is 23.8 Å². The van der Waals surface area contributed by atoms with Gasteiger partial charge in [0.25, 0.3) is 15.9 Å². The van der Waals surface area contributed by atoms with Crippen molar-refractivity contribution in [3.8, 4) is 0 Å². The van der Waals surface area contributed by atoms with Crippen molar-refractivity contribution in [1.29, 1.82) is 0 Å². The van der Waals surface area contributed by atoms with Gasteiger partial charge in [-0.05, 0) is 42.3 Å². The monoisotopic (exact) mass is 404 g/mol. The minimum atomic E-state index is -3.81. The second-order valence-corrected chi connectivity index (χ2v) is 8.29. The van der Waals surface area contributed by atoms with Crippen molar-refractivity contribution in [3.05, 3.63) is 65.7 Å². The smallest absolute Gasteiger partial charge is 0.263 e. The molecule has 2 heterocycles. The molecule has 3 aromatic rings. The fourth-order valence-electron chi connectivity index (χ4n) is 2.93. The van der Waals surface area contributed by atoms with Gasteiger partial charge in [0.05, 0.1) is 10.5 Å². The largest absolute Gasteiger partial charge is 0.308 e. The van der Waals surface area contributed by atoms with Crippen LogP contribution < -0.4 is 9.62 Å². The second kappa shape index (κ2) is 6.71. The lowest BCUT2D eigenvalue weighted by Gasteiger charge is -2.18. The number of hydrogen-bond acceptors (Lipinski definition) is 6. The third-order valence-electron chi connectivity index (χ3n) is 4.19. The number of nitrogens with zero attached hydrogens (tertiary/aromatic N) is 3. The highest BCUT2D eigenvalue weighted by Gasteiger charge is 2.28. The van der Waals surface area contributed by atoms with Gasteiger partial charge in [-0.15, -0.1) is 0 Å². The van der Waals surface area contributed by atoms with E-state index in [1.54, 1.807) is 12.1 Å². The number of halogens is 1. The summed E-state index contributed by atoms with van der Waals surface area (Å²) >= 11 is 0.933. The van der Waals surface area contributed by atoms with Gasteiger partial charge in [-0.2, -0.15) is 4.37 Å². The van der Waals surface area contributed by atoms with Gasteiger partial charge in [-0.1, -0.05) is 12.1 Å². The quantitative estimate of drug-likeness (QED) is 0.722. The van der Waals surface area contributed by atoms with Crippen LogP contribution in [0.4, 0.5) is 15.2 Å². The van der Waals surface area contributed by atoms with Gasteiger partial charge < -0.3 is 4.90 Å². The Balaban J connectivity index is 1.63. The number of amides is 1. The van der Waals surface area contributed by atoms with Crippen LogP contribution >= 0.6 is 11.5 Å². The molecule has 1 N–H and O–H groups in total. The second-order valence-electron chi connectivity index (χ2n) is 5.83. The van der Waals surface area contributed by atoms with Crippen LogP contribution in [-0.4, -0.2) is 30.2 Å². The zero-order chi connectivity index (χ0) is 19.0. The van der Waals surface area contributed by atoms with Crippen molar-refractivity contribution in [3.63, 3.8) is 0 Å². The number of anilines is 2. The molecule has 7 nitrogen and oxygen atoms in total. The number of rotatable bonds is 4. The molecule has 0 saturated heterocycles. The molecule has 0 spiro atoms. The van der Waals surface area contributed by atoms with Crippen molar-refractivity contribution in [2.24, 2.45) is 0 Å². The van der Waals surface area contributed by atoms with E-state index in [0.717, 1.165) is 11.5 Å². The Morgan fingerprint density at radius 3 is 2.78 bits per heavy atom. The van der Waals surface area contributed by atoms with E-state index >= 15 is 0 Å². The molecule has 10 heteroatoms. The summed E-state index contributed by atoms with van der Waals surface area (Å²) in [6, 6.07) is 10.3. The van der Waals surface area contributed by atoms with E-state index < -0.39 is 21.7 Å². The van der Waals surface area contributed by atoms with E-state index in [1.807, 2.05) is 0 Å². The number of fused-ring (bicyclic) bond motifs is 1. The zero-order valence-corrected chi connectivity index (χ0v) is 15.4. The summed E-state index contributed by atoms with van der Waals surface area (Å²) < 4.78 is 45.0. The number of carbonyl (C=O) groups is 1. The van der Waals surface area contributed by atoms with E-state index in [1.165, 1.54) is 41.6 Å². The molecular formula is C17H13FN4O3S2. The van der Waals surface area contributed by atoms with E-state index in [4.69, 9.17) is 0 Å². The first-order valence-electron chi connectivity index (χ1n) is 7.94. The minimum absolute atomic E-state index is 0.0139. The average Bonchev–Trinajstić information content (AvgIpc) is 3.30. The Morgan fingerprint density at radius 1 is 1.22 bits per heavy atom. The highest BCUT2D eigenvalue weighted by Crippen LogP contribution is 2.32. The summed E-state index contributed by atoms with van der Waals surface area (Å²) in [5.41, 5.74) is 1.28. The normalized spacial score (nSPS) is 13.4.